The predicted molar refractivity (Wildman–Crippen MR) is 101 cm³/mol. The predicted octanol–water partition coefficient (Wildman–Crippen LogP) is 3.13. The molecular weight excluding hydrogens is 358 g/mol. The topological polar surface area (TPSA) is 92.6 Å². The number of hydrogen-bond acceptors (Lipinski definition) is 7. The fraction of sp³-hybridized carbons (Fsp3) is 0.353. The lowest BCUT2D eigenvalue weighted by atomic mass is 10.3. The maximum atomic E-state index is 11.3. The second-order valence-electron chi connectivity index (χ2n) is 5.84. The van der Waals surface area contributed by atoms with Crippen molar-refractivity contribution in [2.45, 2.75) is 0 Å². The number of ether oxygens (including phenoxy) is 1. The Balaban J connectivity index is 1.68. The number of pyridine rings is 1. The summed E-state index contributed by atoms with van der Waals surface area (Å²) in [6, 6.07) is 10.2. The molecule has 0 aliphatic carbocycles. The molecule has 1 aromatic carbocycles. The van der Waals surface area contributed by atoms with Gasteiger partial charge in [-0.3, -0.25) is 15.0 Å². The summed E-state index contributed by atoms with van der Waals surface area (Å²) in [7, 11) is 0. The number of rotatable bonds is 7. The SMILES string of the molecule is O=[N+]([O-])c1ccc(Nc2cccc(Cl)c2)nc1NCCN1CCOCC1. The van der Waals surface area contributed by atoms with Crippen LogP contribution in [0.2, 0.25) is 5.02 Å². The van der Waals surface area contributed by atoms with Gasteiger partial charge in [0, 0.05) is 43.0 Å². The van der Waals surface area contributed by atoms with Crippen LogP contribution in [0.15, 0.2) is 36.4 Å². The highest BCUT2D eigenvalue weighted by Gasteiger charge is 2.17. The molecule has 2 heterocycles. The van der Waals surface area contributed by atoms with Gasteiger partial charge < -0.3 is 15.4 Å². The van der Waals surface area contributed by atoms with Crippen LogP contribution in [0, 0.1) is 10.1 Å². The first kappa shape index (κ1) is 18.4. The van der Waals surface area contributed by atoms with E-state index in [0.717, 1.165) is 38.5 Å². The Kier molecular flexibility index (Phi) is 6.21. The molecule has 0 atom stereocenters. The van der Waals surface area contributed by atoms with Crippen molar-refractivity contribution in [3.63, 3.8) is 0 Å². The molecule has 0 bridgehead atoms. The van der Waals surface area contributed by atoms with Gasteiger partial charge in [-0.15, -0.1) is 0 Å². The minimum Gasteiger partial charge on any atom is -0.379 e. The highest BCUT2D eigenvalue weighted by molar-refractivity contribution is 6.30. The normalized spacial score (nSPS) is 14.8. The standard InChI is InChI=1S/C17H20ClN5O3/c18-13-2-1-3-14(12-13)20-16-5-4-15(23(24)25)17(21-16)19-6-7-22-8-10-26-11-9-22/h1-5,12H,6-11H2,(H2,19,20,21). The van der Waals surface area contributed by atoms with Gasteiger partial charge in [-0.25, -0.2) is 4.98 Å². The van der Waals surface area contributed by atoms with E-state index >= 15 is 0 Å². The lowest BCUT2D eigenvalue weighted by Gasteiger charge is -2.26. The summed E-state index contributed by atoms with van der Waals surface area (Å²) in [5.41, 5.74) is 0.710. The van der Waals surface area contributed by atoms with Gasteiger partial charge in [0.1, 0.15) is 5.82 Å². The second-order valence-corrected chi connectivity index (χ2v) is 6.27. The van der Waals surface area contributed by atoms with E-state index in [0.29, 0.717) is 17.4 Å². The minimum absolute atomic E-state index is 0.0522. The quantitative estimate of drug-likeness (QED) is 0.565. The van der Waals surface area contributed by atoms with Crippen molar-refractivity contribution in [3.05, 3.63) is 51.5 Å². The lowest BCUT2D eigenvalue weighted by Crippen LogP contribution is -2.39. The van der Waals surface area contributed by atoms with E-state index in [-0.39, 0.29) is 11.5 Å². The Morgan fingerprint density at radius 2 is 2.08 bits per heavy atom. The summed E-state index contributed by atoms with van der Waals surface area (Å²) in [6.45, 7) is 4.51. The van der Waals surface area contributed by atoms with Gasteiger partial charge in [0.05, 0.1) is 18.1 Å². The van der Waals surface area contributed by atoms with E-state index in [9.17, 15) is 10.1 Å². The van der Waals surface area contributed by atoms with E-state index in [1.165, 1.54) is 6.07 Å². The number of halogens is 1. The molecule has 3 rings (SSSR count). The molecule has 0 spiro atoms. The fourth-order valence-electron chi connectivity index (χ4n) is 2.67. The molecule has 0 saturated carbocycles. The van der Waals surface area contributed by atoms with Crippen LogP contribution in [0.3, 0.4) is 0 Å². The molecule has 1 aliphatic rings. The molecule has 0 unspecified atom stereocenters. The molecule has 2 aromatic rings. The van der Waals surface area contributed by atoms with Crippen LogP contribution in [0.1, 0.15) is 0 Å². The summed E-state index contributed by atoms with van der Waals surface area (Å²) >= 11 is 5.98. The van der Waals surface area contributed by atoms with Gasteiger partial charge in [0.15, 0.2) is 0 Å². The summed E-state index contributed by atoms with van der Waals surface area (Å²) < 4.78 is 5.31. The van der Waals surface area contributed by atoms with E-state index in [2.05, 4.69) is 20.5 Å². The molecule has 0 amide bonds. The zero-order valence-electron chi connectivity index (χ0n) is 14.2. The number of nitro groups is 1. The Hall–Kier alpha value is -2.42. The third-order valence-electron chi connectivity index (χ3n) is 3.99. The molecule has 26 heavy (non-hydrogen) atoms. The largest absolute Gasteiger partial charge is 0.379 e. The molecule has 1 saturated heterocycles. The average Bonchev–Trinajstić information content (AvgIpc) is 2.63. The number of anilines is 3. The van der Waals surface area contributed by atoms with Crippen molar-refractivity contribution in [2.24, 2.45) is 0 Å². The Morgan fingerprint density at radius 3 is 2.81 bits per heavy atom. The molecule has 8 nitrogen and oxygen atoms in total. The van der Waals surface area contributed by atoms with Crippen molar-refractivity contribution in [1.29, 1.82) is 0 Å². The van der Waals surface area contributed by atoms with Crippen molar-refractivity contribution in [3.8, 4) is 0 Å². The van der Waals surface area contributed by atoms with Gasteiger partial charge in [0.25, 0.3) is 0 Å². The number of aromatic nitrogens is 1. The summed E-state index contributed by atoms with van der Waals surface area (Å²) in [5.74, 6) is 0.752. The summed E-state index contributed by atoms with van der Waals surface area (Å²) in [4.78, 5) is 17.4. The van der Waals surface area contributed by atoms with E-state index in [1.54, 1.807) is 18.2 Å². The summed E-state index contributed by atoms with van der Waals surface area (Å²) in [5, 5.41) is 18.0. The molecule has 138 valence electrons. The minimum atomic E-state index is -0.437. The van der Waals surface area contributed by atoms with Crippen molar-refractivity contribution < 1.29 is 9.66 Å². The van der Waals surface area contributed by atoms with E-state index in [4.69, 9.17) is 16.3 Å². The van der Waals surface area contributed by atoms with Gasteiger partial charge in [-0.2, -0.15) is 0 Å². The molecule has 9 heteroatoms. The third-order valence-corrected chi connectivity index (χ3v) is 4.23. The number of benzene rings is 1. The molecular formula is C17H20ClN5O3. The third kappa shape index (κ3) is 5.04. The number of nitrogens with one attached hydrogen (secondary N) is 2. The van der Waals surface area contributed by atoms with Gasteiger partial charge in [-0.05, 0) is 24.3 Å². The van der Waals surface area contributed by atoms with Crippen LogP contribution in [0.25, 0.3) is 0 Å². The van der Waals surface area contributed by atoms with Crippen molar-refractivity contribution in [2.75, 3.05) is 50.0 Å². The first-order valence-electron chi connectivity index (χ1n) is 8.34. The molecule has 2 N–H and O–H groups in total. The van der Waals surface area contributed by atoms with Gasteiger partial charge in [-0.1, -0.05) is 17.7 Å². The molecule has 1 aromatic heterocycles. The van der Waals surface area contributed by atoms with Gasteiger partial charge >= 0.3 is 5.69 Å². The highest BCUT2D eigenvalue weighted by Crippen LogP contribution is 2.26. The van der Waals surface area contributed by atoms with E-state index in [1.807, 2.05) is 12.1 Å². The lowest BCUT2D eigenvalue weighted by molar-refractivity contribution is -0.384. The van der Waals surface area contributed by atoms with Gasteiger partial charge in [0.2, 0.25) is 5.82 Å². The number of nitrogens with zero attached hydrogens (tertiary/aromatic N) is 3. The molecule has 1 fully saturated rings. The smallest absolute Gasteiger partial charge is 0.311 e. The first-order valence-corrected chi connectivity index (χ1v) is 8.71. The summed E-state index contributed by atoms with van der Waals surface area (Å²) in [6.07, 6.45) is 0. The van der Waals surface area contributed by atoms with Crippen LogP contribution in [0.5, 0.6) is 0 Å². The van der Waals surface area contributed by atoms with Crippen molar-refractivity contribution >= 4 is 34.6 Å². The van der Waals surface area contributed by atoms with Crippen LogP contribution >= 0.6 is 11.6 Å². The van der Waals surface area contributed by atoms with E-state index < -0.39 is 4.92 Å². The maximum Gasteiger partial charge on any atom is 0.311 e. The number of hydrogen-bond donors (Lipinski definition) is 2. The zero-order valence-corrected chi connectivity index (χ0v) is 14.9. The Bertz CT molecular complexity index is 768. The highest BCUT2D eigenvalue weighted by atomic mass is 35.5. The zero-order chi connectivity index (χ0) is 18.4. The second kappa shape index (κ2) is 8.79. The monoisotopic (exact) mass is 377 g/mol. The number of morpholine rings is 1. The Morgan fingerprint density at radius 1 is 1.27 bits per heavy atom. The van der Waals surface area contributed by atoms with Crippen LogP contribution < -0.4 is 10.6 Å². The van der Waals surface area contributed by atoms with Crippen LogP contribution in [-0.2, 0) is 4.74 Å². The fourth-order valence-corrected chi connectivity index (χ4v) is 2.86. The van der Waals surface area contributed by atoms with Crippen LogP contribution in [0.4, 0.5) is 23.0 Å². The van der Waals surface area contributed by atoms with Crippen LogP contribution in [-0.4, -0.2) is 54.2 Å². The average molecular weight is 378 g/mol. The molecule has 0 radical (unpaired) electrons. The molecule has 1 aliphatic heterocycles. The maximum absolute atomic E-state index is 11.3. The van der Waals surface area contributed by atoms with Crippen molar-refractivity contribution in [1.82, 2.24) is 9.88 Å². The Labute approximate surface area is 156 Å². The first-order chi connectivity index (χ1) is 12.6.